The van der Waals surface area contributed by atoms with Gasteiger partial charge in [0.05, 0.1) is 37.4 Å². The van der Waals surface area contributed by atoms with E-state index in [0.717, 1.165) is 137 Å². The average molecular weight is 1130 g/mol. The van der Waals surface area contributed by atoms with Gasteiger partial charge in [-0.15, -0.1) is 0 Å². The highest BCUT2D eigenvalue weighted by Crippen LogP contribution is 2.48. The van der Waals surface area contributed by atoms with Gasteiger partial charge in [-0.1, -0.05) is 71.8 Å². The van der Waals surface area contributed by atoms with Gasteiger partial charge < -0.3 is 49.5 Å². The van der Waals surface area contributed by atoms with E-state index in [1.165, 1.54) is 22.3 Å². The Morgan fingerprint density at radius 3 is 1.36 bits per heavy atom. The Hall–Kier alpha value is -6.06. The first kappa shape index (κ1) is 55.8. The van der Waals surface area contributed by atoms with Crippen molar-refractivity contribution in [3.05, 3.63) is 141 Å². The van der Waals surface area contributed by atoms with Crippen LogP contribution in [0.25, 0.3) is 0 Å². The first-order chi connectivity index (χ1) is 38.6. The Labute approximate surface area is 478 Å². The molecule has 0 aromatic heterocycles. The van der Waals surface area contributed by atoms with Crippen molar-refractivity contribution in [2.24, 2.45) is 0 Å². The number of amides is 2. The van der Waals surface area contributed by atoms with Gasteiger partial charge in [0.2, 0.25) is 11.8 Å². The summed E-state index contributed by atoms with van der Waals surface area (Å²) in [6.45, 7) is 4.87. The van der Waals surface area contributed by atoms with Crippen LogP contribution in [-0.2, 0) is 54.1 Å². The summed E-state index contributed by atoms with van der Waals surface area (Å²) in [5.74, 6) is -2.19. The zero-order valence-corrected chi connectivity index (χ0v) is 47.1. The number of rotatable bonds is 4. The van der Waals surface area contributed by atoms with Crippen molar-refractivity contribution >= 4 is 58.3 Å². The number of fused-ring (bicyclic) bond motifs is 6. The lowest BCUT2D eigenvalue weighted by atomic mass is 9.70. The van der Waals surface area contributed by atoms with E-state index < -0.39 is 36.0 Å². The molecule has 4 aromatic carbocycles. The molecule has 4 aliphatic heterocycles. The van der Waals surface area contributed by atoms with Gasteiger partial charge in [-0.25, -0.2) is 9.59 Å². The summed E-state index contributed by atoms with van der Waals surface area (Å²) in [5, 5.41) is 45.1. The van der Waals surface area contributed by atoms with Crippen LogP contribution in [0.1, 0.15) is 136 Å². The fraction of sp³-hybridized carbons (Fsp3) is 0.500. The third-order valence-electron chi connectivity index (χ3n) is 18.2. The molecule has 2 spiro atoms. The Morgan fingerprint density at radius 2 is 0.963 bits per heavy atom. The van der Waals surface area contributed by atoms with E-state index >= 15 is 0 Å². The summed E-state index contributed by atoms with van der Waals surface area (Å²) in [6.07, 6.45) is 22.6. The molecule has 2 saturated carbocycles. The number of carboxylic acids is 2. The molecule has 0 unspecified atom stereocenters. The highest BCUT2D eigenvalue weighted by Gasteiger charge is 2.48. The summed E-state index contributed by atoms with van der Waals surface area (Å²) in [6, 6.07) is 22.8. The van der Waals surface area contributed by atoms with Crippen LogP contribution in [0, 0.1) is 0 Å². The van der Waals surface area contributed by atoms with Gasteiger partial charge in [0.1, 0.15) is 11.5 Å². The maximum atomic E-state index is 13.4. The molecule has 4 atom stereocenters. The predicted octanol–water partition coefficient (Wildman–Crippen LogP) is 10.4. The van der Waals surface area contributed by atoms with Crippen LogP contribution in [0.2, 0.25) is 10.0 Å². The number of aryl methyl sites for hydroxylation is 2. The molecular formula is C64H74Cl2N4O10. The van der Waals surface area contributed by atoms with E-state index in [0.29, 0.717) is 50.9 Å². The van der Waals surface area contributed by atoms with Crippen molar-refractivity contribution < 1.29 is 49.1 Å². The molecule has 0 radical (unpaired) electrons. The predicted molar refractivity (Wildman–Crippen MR) is 308 cm³/mol. The first-order valence-corrected chi connectivity index (χ1v) is 29.8. The smallest absolute Gasteiger partial charge is 0.340 e. The molecule has 4 heterocycles. The molecular weight excluding hydrogens is 1060 g/mol. The van der Waals surface area contributed by atoms with Gasteiger partial charge in [0, 0.05) is 72.2 Å². The number of carboxylic acid groups (broad SMARTS) is 2. The zero-order valence-electron chi connectivity index (χ0n) is 45.6. The fourth-order valence-electron chi connectivity index (χ4n) is 13.5. The molecule has 4 aliphatic carbocycles. The van der Waals surface area contributed by atoms with Gasteiger partial charge >= 0.3 is 11.9 Å². The molecule has 4 aromatic rings. The topological polar surface area (TPSA) is 181 Å². The molecule has 16 heteroatoms. The number of ether oxygens (including phenoxy) is 2. The van der Waals surface area contributed by atoms with E-state index in [2.05, 4.69) is 46.2 Å². The number of nitrogens with zero attached hydrogens (tertiary/aromatic N) is 4. The van der Waals surface area contributed by atoms with Crippen LogP contribution in [0.3, 0.4) is 0 Å². The number of aliphatic carboxylic acids is 2. The van der Waals surface area contributed by atoms with Crippen LogP contribution >= 0.6 is 23.2 Å². The number of hydrogen-bond donors (Lipinski definition) is 4. The Morgan fingerprint density at radius 1 is 0.537 bits per heavy atom. The number of carbonyl (C=O) groups is 4. The highest BCUT2D eigenvalue weighted by atomic mass is 35.5. The third-order valence-corrected chi connectivity index (χ3v) is 18.7. The van der Waals surface area contributed by atoms with Crippen molar-refractivity contribution in [1.82, 2.24) is 9.80 Å². The highest BCUT2D eigenvalue weighted by molar-refractivity contribution is 6.31. The summed E-state index contributed by atoms with van der Waals surface area (Å²) >= 11 is 12.7. The summed E-state index contributed by atoms with van der Waals surface area (Å²) in [7, 11) is 0. The molecule has 4 N–H and O–H groups in total. The molecule has 4 bridgehead atoms. The second-order valence-corrected chi connectivity index (χ2v) is 24.7. The number of hydrogen-bond acceptors (Lipinski definition) is 10. The van der Waals surface area contributed by atoms with Crippen LogP contribution in [-0.4, -0.2) is 119 Å². The third kappa shape index (κ3) is 11.4. The molecule has 8 aliphatic rings. The van der Waals surface area contributed by atoms with Gasteiger partial charge in [-0.05, 0) is 185 Å². The number of carbonyl (C=O) groups excluding carboxylic acids is 2. The first-order valence-electron chi connectivity index (χ1n) is 29.0. The standard InChI is InChI=1S/2C32H37ClN2O5/c2*33-24-9-12-26-22(17-24)7-6-14-31(26)20-34-15-4-2-1-3-5-16-35(25-10-11-25)29(36)19-32(39,30(37)38)23-8-13-28(40-21-31)27(34)18-23/h2*3,5,8-9,12-13,17-18,25,39H,1-2,4,6-7,10-11,14-16,19-21H2,(H,37,38)/b2*5-3+/t31-,32+;31-,32-/m00/s1. The summed E-state index contributed by atoms with van der Waals surface area (Å²) in [5.41, 5.74) is 1.86. The Bertz CT molecular complexity index is 2880. The molecule has 12 rings (SSSR count). The Kier molecular flexibility index (Phi) is 16.1. The van der Waals surface area contributed by atoms with Crippen LogP contribution in [0.5, 0.6) is 11.5 Å². The Balaban J connectivity index is 0.000000169. The molecule has 2 amide bonds. The van der Waals surface area contributed by atoms with Crippen molar-refractivity contribution in [2.45, 2.75) is 150 Å². The van der Waals surface area contributed by atoms with E-state index in [-0.39, 0.29) is 45.9 Å². The number of aliphatic hydroxyl groups is 2. The largest absolute Gasteiger partial charge is 0.490 e. The quantitative estimate of drug-likeness (QED) is 0.142. The van der Waals surface area contributed by atoms with E-state index in [9.17, 15) is 39.6 Å². The van der Waals surface area contributed by atoms with E-state index in [1.54, 1.807) is 46.2 Å². The average Bonchev–Trinajstić information content (AvgIpc) is 4.41. The van der Waals surface area contributed by atoms with Gasteiger partial charge in [0.15, 0.2) is 11.2 Å². The number of benzene rings is 4. The van der Waals surface area contributed by atoms with Gasteiger partial charge in [0.25, 0.3) is 0 Å². The van der Waals surface area contributed by atoms with Crippen LogP contribution in [0.15, 0.2) is 97.1 Å². The van der Waals surface area contributed by atoms with Crippen molar-refractivity contribution in [3.8, 4) is 11.5 Å². The molecule has 2 fully saturated rings. The van der Waals surface area contributed by atoms with Crippen LogP contribution in [0.4, 0.5) is 11.4 Å². The summed E-state index contributed by atoms with van der Waals surface area (Å²) < 4.78 is 13.0. The maximum Gasteiger partial charge on any atom is 0.340 e. The van der Waals surface area contributed by atoms with Crippen molar-refractivity contribution in [3.63, 3.8) is 0 Å². The number of anilines is 2. The maximum absolute atomic E-state index is 13.4. The van der Waals surface area contributed by atoms with Crippen LogP contribution < -0.4 is 19.3 Å². The molecule has 80 heavy (non-hydrogen) atoms. The van der Waals surface area contributed by atoms with Gasteiger partial charge in [-0.2, -0.15) is 0 Å². The fourth-order valence-corrected chi connectivity index (χ4v) is 13.9. The zero-order chi connectivity index (χ0) is 55.8. The minimum atomic E-state index is -2.34. The SMILES string of the molecule is O=C1C[C@@](O)(C(=O)O)c2ccc3c(c2)N(CCCC/C=C/CN1C1CC1)C[C@@]1(CCCc2cc(Cl)ccc21)CO3.O=C1C[C@](O)(C(=O)O)c2ccc3c(c2)N(CCCC/C=C/CN1C1CC1)C[C@@]1(CCCc2cc(Cl)ccc21)CO3. The van der Waals surface area contributed by atoms with Gasteiger partial charge in [-0.3, -0.25) is 9.59 Å². The lowest BCUT2D eigenvalue weighted by Crippen LogP contribution is -2.46. The van der Waals surface area contributed by atoms with E-state index in [4.69, 9.17) is 32.7 Å². The van der Waals surface area contributed by atoms with Crippen molar-refractivity contribution in [1.29, 1.82) is 0 Å². The van der Waals surface area contributed by atoms with E-state index in [1.807, 2.05) is 24.3 Å². The number of halogens is 2. The monoisotopic (exact) mass is 1130 g/mol. The second kappa shape index (κ2) is 23.1. The summed E-state index contributed by atoms with van der Waals surface area (Å²) in [4.78, 5) is 59.9. The molecule has 0 saturated heterocycles. The number of allylic oxidation sites excluding steroid dienone is 2. The second-order valence-electron chi connectivity index (χ2n) is 23.8. The minimum absolute atomic E-state index is 0.117. The lowest BCUT2D eigenvalue weighted by molar-refractivity contribution is -0.165. The minimum Gasteiger partial charge on any atom is -0.490 e. The molecule has 14 nitrogen and oxygen atoms in total. The normalized spacial score (nSPS) is 28.1. The molecule has 424 valence electrons. The lowest BCUT2D eigenvalue weighted by Gasteiger charge is -2.41. The van der Waals surface area contributed by atoms with Crippen molar-refractivity contribution in [2.75, 3.05) is 62.3 Å².